The summed E-state index contributed by atoms with van der Waals surface area (Å²) in [4.78, 5) is 0. The highest BCUT2D eigenvalue weighted by Crippen LogP contribution is 2.25. The fourth-order valence-electron chi connectivity index (χ4n) is 0.543. The number of hydrogen-bond acceptors (Lipinski definition) is 0. The maximum absolute atomic E-state index is 12.0. The lowest BCUT2D eigenvalue weighted by Gasteiger charge is -2.06. The summed E-state index contributed by atoms with van der Waals surface area (Å²) >= 11 is 0. The second-order valence-corrected chi connectivity index (χ2v) is 3.41. The normalized spacial score (nSPS) is 15.4. The van der Waals surface area contributed by atoms with Crippen molar-refractivity contribution in [3.8, 4) is 0 Å². The zero-order chi connectivity index (χ0) is 10.6. The third-order valence-corrected chi connectivity index (χ3v) is 1.95. The summed E-state index contributed by atoms with van der Waals surface area (Å²) in [7, 11) is 0. The molecule has 0 atom stereocenters. The zero-order valence-electron chi connectivity index (χ0n) is 8.37. The molecule has 0 N–H and O–H groups in total. The average molecular weight is 192 g/mol. The smallest absolute Gasteiger partial charge is 0.166 e. The van der Waals surface area contributed by atoms with E-state index in [0.717, 1.165) is 18.6 Å². The molecule has 0 amide bonds. The first-order valence-electron chi connectivity index (χ1n) is 4.17. The maximum Gasteiger partial charge on any atom is 0.412 e. The summed E-state index contributed by atoms with van der Waals surface area (Å²) in [5, 5.41) is 0. The average Bonchev–Trinajstić information content (AvgIpc) is 1.97. The van der Waals surface area contributed by atoms with E-state index in [1.807, 2.05) is 20.8 Å². The fourth-order valence-corrected chi connectivity index (χ4v) is 0.543. The Morgan fingerprint density at radius 3 is 1.85 bits per heavy atom. The predicted octanol–water partition coefficient (Wildman–Crippen LogP) is 4.10. The van der Waals surface area contributed by atoms with Gasteiger partial charge in [0.05, 0.1) is 0 Å². The highest BCUT2D eigenvalue weighted by atomic mass is 19.4. The Morgan fingerprint density at radius 2 is 1.54 bits per heavy atom. The van der Waals surface area contributed by atoms with Crippen LogP contribution in [0.4, 0.5) is 13.2 Å². The molecule has 0 bridgehead atoms. The van der Waals surface area contributed by atoms with Crippen LogP contribution in [0.1, 0.15) is 27.7 Å². The molecule has 0 aliphatic rings. The van der Waals surface area contributed by atoms with Gasteiger partial charge in [0, 0.05) is 5.57 Å². The minimum Gasteiger partial charge on any atom is -0.166 e. The van der Waals surface area contributed by atoms with Crippen LogP contribution in [-0.4, -0.2) is 6.18 Å². The molecular formula is C10H15F3. The van der Waals surface area contributed by atoms with E-state index >= 15 is 0 Å². The molecule has 0 heterocycles. The number of halogens is 3. The molecule has 0 fully saturated rings. The molecule has 0 unspecified atom stereocenters. The van der Waals surface area contributed by atoms with E-state index in [1.54, 1.807) is 0 Å². The third kappa shape index (κ3) is 4.76. The monoisotopic (exact) mass is 192 g/mol. The summed E-state index contributed by atoms with van der Waals surface area (Å²) in [6.45, 7) is 6.79. The fraction of sp³-hybridized carbons (Fsp3) is 0.600. The maximum atomic E-state index is 12.0. The minimum absolute atomic E-state index is 0.289. The first-order valence-corrected chi connectivity index (χ1v) is 4.17. The van der Waals surface area contributed by atoms with Gasteiger partial charge in [0.25, 0.3) is 0 Å². The van der Waals surface area contributed by atoms with Crippen molar-refractivity contribution in [2.75, 3.05) is 0 Å². The van der Waals surface area contributed by atoms with Crippen LogP contribution in [0.3, 0.4) is 0 Å². The number of hydrogen-bond donors (Lipinski definition) is 0. The van der Waals surface area contributed by atoms with Gasteiger partial charge in [-0.1, -0.05) is 31.6 Å². The molecule has 0 radical (unpaired) electrons. The van der Waals surface area contributed by atoms with Crippen molar-refractivity contribution in [2.45, 2.75) is 33.9 Å². The van der Waals surface area contributed by atoms with Crippen molar-refractivity contribution >= 4 is 0 Å². The van der Waals surface area contributed by atoms with Crippen molar-refractivity contribution in [1.82, 2.24) is 0 Å². The SMILES string of the molecule is C/C(=C/C=C(\C)C(F)(F)F)C(C)C. The molecule has 0 aromatic carbocycles. The highest BCUT2D eigenvalue weighted by molar-refractivity contribution is 5.19. The Kier molecular flexibility index (Phi) is 4.24. The van der Waals surface area contributed by atoms with Gasteiger partial charge in [0.15, 0.2) is 0 Å². The van der Waals surface area contributed by atoms with E-state index < -0.39 is 11.7 Å². The van der Waals surface area contributed by atoms with Gasteiger partial charge < -0.3 is 0 Å². The first kappa shape index (κ1) is 12.3. The van der Waals surface area contributed by atoms with Crippen LogP contribution >= 0.6 is 0 Å². The molecular weight excluding hydrogens is 177 g/mol. The zero-order valence-corrected chi connectivity index (χ0v) is 8.37. The van der Waals surface area contributed by atoms with Gasteiger partial charge in [-0.2, -0.15) is 13.2 Å². The lowest BCUT2D eigenvalue weighted by molar-refractivity contribution is -0.0913. The Hall–Kier alpha value is -0.730. The van der Waals surface area contributed by atoms with Crippen molar-refractivity contribution in [1.29, 1.82) is 0 Å². The topological polar surface area (TPSA) is 0 Å². The van der Waals surface area contributed by atoms with Gasteiger partial charge >= 0.3 is 6.18 Å². The van der Waals surface area contributed by atoms with E-state index in [2.05, 4.69) is 0 Å². The van der Waals surface area contributed by atoms with Crippen LogP contribution in [0.25, 0.3) is 0 Å². The second-order valence-electron chi connectivity index (χ2n) is 3.41. The van der Waals surface area contributed by atoms with Crippen molar-refractivity contribution in [3.05, 3.63) is 23.3 Å². The molecule has 0 aromatic rings. The van der Waals surface area contributed by atoms with Crippen LogP contribution in [0.2, 0.25) is 0 Å². The molecule has 0 saturated heterocycles. The molecule has 0 aliphatic carbocycles. The summed E-state index contributed by atoms with van der Waals surface area (Å²) in [5.41, 5.74) is 0.385. The van der Waals surface area contributed by atoms with E-state index in [4.69, 9.17) is 0 Å². The minimum atomic E-state index is -4.20. The van der Waals surface area contributed by atoms with Gasteiger partial charge in [-0.25, -0.2) is 0 Å². The van der Waals surface area contributed by atoms with E-state index in [9.17, 15) is 13.2 Å². The van der Waals surface area contributed by atoms with E-state index in [-0.39, 0.29) is 5.92 Å². The summed E-state index contributed by atoms with van der Waals surface area (Å²) in [6, 6.07) is 0. The Bertz CT molecular complexity index is 219. The molecule has 0 saturated carbocycles. The summed E-state index contributed by atoms with van der Waals surface area (Å²) < 4.78 is 36.0. The lowest BCUT2D eigenvalue weighted by atomic mass is 10.0. The molecule has 0 aromatic heterocycles. The predicted molar refractivity (Wildman–Crippen MR) is 48.4 cm³/mol. The molecule has 0 rings (SSSR count). The molecule has 0 aliphatic heterocycles. The Labute approximate surface area is 77.1 Å². The molecule has 0 spiro atoms. The van der Waals surface area contributed by atoms with Gasteiger partial charge in [0.2, 0.25) is 0 Å². The van der Waals surface area contributed by atoms with Gasteiger partial charge in [-0.05, 0) is 19.8 Å². The first-order chi connectivity index (χ1) is 5.75. The van der Waals surface area contributed by atoms with E-state index in [0.29, 0.717) is 0 Å². The molecule has 13 heavy (non-hydrogen) atoms. The lowest BCUT2D eigenvalue weighted by Crippen LogP contribution is -2.08. The standard InChI is InChI=1S/C10H15F3/c1-7(2)8(3)5-6-9(4)10(11,12)13/h5-7H,1-4H3/b8-5-,9-6+. The second kappa shape index (κ2) is 4.49. The highest BCUT2D eigenvalue weighted by Gasteiger charge is 2.29. The van der Waals surface area contributed by atoms with E-state index in [1.165, 1.54) is 6.08 Å². The molecule has 3 heteroatoms. The Morgan fingerprint density at radius 1 is 1.08 bits per heavy atom. The van der Waals surface area contributed by atoms with Gasteiger partial charge in [-0.3, -0.25) is 0 Å². The Balaban J connectivity index is 4.52. The number of alkyl halides is 3. The van der Waals surface area contributed by atoms with Crippen molar-refractivity contribution in [3.63, 3.8) is 0 Å². The summed E-state index contributed by atoms with van der Waals surface area (Å²) in [5.74, 6) is 0.289. The van der Waals surface area contributed by atoms with Crippen molar-refractivity contribution in [2.24, 2.45) is 5.92 Å². The molecule has 0 nitrogen and oxygen atoms in total. The largest absolute Gasteiger partial charge is 0.412 e. The summed E-state index contributed by atoms with van der Waals surface area (Å²) in [6.07, 6.45) is -1.56. The van der Waals surface area contributed by atoms with Crippen LogP contribution in [0, 0.1) is 5.92 Å². The quantitative estimate of drug-likeness (QED) is 0.578. The molecule has 76 valence electrons. The van der Waals surface area contributed by atoms with Crippen molar-refractivity contribution < 1.29 is 13.2 Å². The van der Waals surface area contributed by atoms with Crippen LogP contribution in [0.15, 0.2) is 23.3 Å². The third-order valence-electron chi connectivity index (χ3n) is 1.95. The van der Waals surface area contributed by atoms with Crippen LogP contribution < -0.4 is 0 Å². The number of allylic oxidation sites excluding steroid dienone is 4. The van der Waals surface area contributed by atoms with Crippen LogP contribution in [0.5, 0.6) is 0 Å². The van der Waals surface area contributed by atoms with Gasteiger partial charge in [0.1, 0.15) is 0 Å². The number of rotatable bonds is 2. The van der Waals surface area contributed by atoms with Gasteiger partial charge in [-0.15, -0.1) is 0 Å². The van der Waals surface area contributed by atoms with Crippen LogP contribution in [-0.2, 0) is 0 Å².